The Morgan fingerprint density at radius 2 is 2.06 bits per heavy atom. The van der Waals surface area contributed by atoms with Gasteiger partial charge in [-0.2, -0.15) is 0 Å². The Morgan fingerprint density at radius 1 is 1.30 bits per heavy atom. The molecule has 0 saturated carbocycles. The van der Waals surface area contributed by atoms with Gasteiger partial charge in [0, 0.05) is 32.1 Å². The minimum atomic E-state index is -0.442. The van der Waals surface area contributed by atoms with Crippen molar-refractivity contribution >= 4 is 18.1 Å². The second kappa shape index (κ2) is 11.4. The van der Waals surface area contributed by atoms with E-state index in [1.807, 2.05) is 20.1 Å². The van der Waals surface area contributed by atoms with Crippen LogP contribution in [0.15, 0.2) is 28.8 Å². The van der Waals surface area contributed by atoms with E-state index in [4.69, 9.17) is 18.9 Å². The summed E-state index contributed by atoms with van der Waals surface area (Å²) >= 11 is 0. The molecule has 7 atom stereocenters. The van der Waals surface area contributed by atoms with Gasteiger partial charge in [0.2, 0.25) is 5.91 Å². The lowest BCUT2D eigenvalue weighted by Gasteiger charge is -2.39. The molecule has 33 heavy (non-hydrogen) atoms. The lowest BCUT2D eigenvalue weighted by Crippen LogP contribution is -2.50. The predicted octanol–water partition coefficient (Wildman–Crippen LogP) is 3.11. The van der Waals surface area contributed by atoms with Gasteiger partial charge >= 0.3 is 5.97 Å². The van der Waals surface area contributed by atoms with Crippen LogP contribution in [0.25, 0.3) is 0 Å². The van der Waals surface area contributed by atoms with E-state index in [2.05, 4.69) is 23.3 Å². The Kier molecular flexibility index (Phi) is 8.84. The summed E-state index contributed by atoms with van der Waals surface area (Å²) in [6.45, 7) is 10.8. The number of ether oxygens (including phenoxy) is 4. The summed E-state index contributed by atoms with van der Waals surface area (Å²) in [5.41, 5.74) is 1.11. The molecule has 1 N–H and O–H groups in total. The molecule has 0 bridgehead atoms. The molecule has 8 heteroatoms. The van der Waals surface area contributed by atoms with Crippen LogP contribution >= 0.6 is 0 Å². The van der Waals surface area contributed by atoms with Crippen LogP contribution in [-0.4, -0.2) is 67.5 Å². The Bertz CT molecular complexity index is 788. The number of carbonyl (C=O) groups excluding carboxylic acids is 2. The van der Waals surface area contributed by atoms with E-state index in [1.54, 1.807) is 13.0 Å². The van der Waals surface area contributed by atoms with Crippen molar-refractivity contribution in [3.05, 3.63) is 23.8 Å². The molecule has 184 valence electrons. The van der Waals surface area contributed by atoms with E-state index in [0.29, 0.717) is 12.5 Å². The third-order valence-corrected chi connectivity index (χ3v) is 6.50. The summed E-state index contributed by atoms with van der Waals surface area (Å²) in [4.78, 5) is 27.8. The summed E-state index contributed by atoms with van der Waals surface area (Å²) in [5.74, 6) is -0.291. The highest BCUT2D eigenvalue weighted by molar-refractivity contribution is 5.87. The fraction of sp³-hybridized carbons (Fsp3) is 0.720. The van der Waals surface area contributed by atoms with E-state index in [-0.39, 0.29) is 42.0 Å². The molecule has 1 amide bonds. The van der Waals surface area contributed by atoms with Crippen LogP contribution < -0.4 is 5.32 Å². The monoisotopic (exact) mass is 462 g/mol. The molecular weight excluding hydrogens is 424 g/mol. The summed E-state index contributed by atoms with van der Waals surface area (Å²) in [5, 5.41) is 3.01. The highest BCUT2D eigenvalue weighted by Crippen LogP contribution is 2.39. The molecule has 3 saturated heterocycles. The van der Waals surface area contributed by atoms with Crippen molar-refractivity contribution in [1.29, 1.82) is 0 Å². The van der Waals surface area contributed by atoms with E-state index in [9.17, 15) is 9.59 Å². The number of hydrogen-bond acceptors (Lipinski definition) is 7. The number of nitrogens with zero attached hydrogens (tertiary/aromatic N) is 1. The molecule has 0 aromatic rings. The molecule has 3 aliphatic rings. The van der Waals surface area contributed by atoms with Gasteiger partial charge in [0.15, 0.2) is 6.23 Å². The van der Waals surface area contributed by atoms with Crippen molar-refractivity contribution in [2.24, 2.45) is 10.9 Å². The zero-order chi connectivity index (χ0) is 24.0. The molecule has 0 radical (unpaired) electrons. The van der Waals surface area contributed by atoms with Crippen LogP contribution in [0.2, 0.25) is 0 Å². The summed E-state index contributed by atoms with van der Waals surface area (Å²) in [6.07, 6.45) is 9.89. The van der Waals surface area contributed by atoms with Crippen LogP contribution in [0.5, 0.6) is 0 Å². The number of epoxide rings is 1. The largest absolute Gasteiger partial charge is 0.459 e. The number of esters is 1. The second-order valence-electron chi connectivity index (χ2n) is 9.59. The van der Waals surface area contributed by atoms with Gasteiger partial charge in [-0.1, -0.05) is 13.0 Å². The first-order valence-electron chi connectivity index (χ1n) is 11.9. The topological polar surface area (TPSA) is 98.8 Å². The summed E-state index contributed by atoms with van der Waals surface area (Å²) in [6, 6.07) is -0.0653. The van der Waals surface area contributed by atoms with Crippen LogP contribution in [0.4, 0.5) is 0 Å². The van der Waals surface area contributed by atoms with Gasteiger partial charge in [-0.15, -0.1) is 0 Å². The number of hydrogen-bond donors (Lipinski definition) is 1. The van der Waals surface area contributed by atoms with Gasteiger partial charge in [0.25, 0.3) is 0 Å². The molecule has 0 aromatic carbocycles. The van der Waals surface area contributed by atoms with Gasteiger partial charge < -0.3 is 24.3 Å². The van der Waals surface area contributed by atoms with Gasteiger partial charge in [0.1, 0.15) is 6.10 Å². The molecule has 3 aliphatic heterocycles. The minimum Gasteiger partial charge on any atom is -0.459 e. The first-order valence-corrected chi connectivity index (χ1v) is 11.9. The molecular formula is C25H38N2O6. The number of allylic oxidation sites excluding steroid dienone is 1. The highest BCUT2D eigenvalue weighted by atomic mass is 16.6. The zero-order valence-electron chi connectivity index (χ0n) is 20.4. The fourth-order valence-electron chi connectivity index (χ4n) is 4.34. The van der Waals surface area contributed by atoms with Crippen LogP contribution in [0.1, 0.15) is 60.3 Å². The van der Waals surface area contributed by atoms with Gasteiger partial charge in [0.05, 0.1) is 37.1 Å². The molecule has 8 nitrogen and oxygen atoms in total. The minimum absolute atomic E-state index is 0.0295. The summed E-state index contributed by atoms with van der Waals surface area (Å²) < 4.78 is 22.5. The average molecular weight is 463 g/mol. The smallest absolute Gasteiger partial charge is 0.303 e. The molecule has 1 spiro atoms. The maximum Gasteiger partial charge on any atom is 0.303 e. The Morgan fingerprint density at radius 3 is 2.76 bits per heavy atom. The third-order valence-electron chi connectivity index (χ3n) is 6.50. The standard InChI is InChI=1S/C25H38N2O6/c1-16(14-26-24-13-25(15-31-25)10-11-30-24)6-8-22-17(2)12-21(19(4)33-22)27-23(29)9-7-18(3)32-20(5)28/h6-7,9,14,17-19,21-22,24H,8,10-13,15H2,1-5H3,(H,27,29)/b9-7-,16-6+,26-14?. The van der Waals surface area contributed by atoms with E-state index in [1.165, 1.54) is 13.0 Å². The molecule has 7 unspecified atom stereocenters. The van der Waals surface area contributed by atoms with Crippen molar-refractivity contribution in [1.82, 2.24) is 5.32 Å². The van der Waals surface area contributed by atoms with Crippen molar-refractivity contribution in [2.45, 2.75) is 96.5 Å². The number of aliphatic imine (C=N–C) groups is 1. The third kappa shape index (κ3) is 8.05. The average Bonchev–Trinajstić information content (AvgIpc) is 3.49. The van der Waals surface area contributed by atoms with Crippen LogP contribution in [0, 0.1) is 5.92 Å². The lowest BCUT2D eigenvalue weighted by atomic mass is 9.88. The van der Waals surface area contributed by atoms with Gasteiger partial charge in [-0.3, -0.25) is 14.6 Å². The number of rotatable bonds is 8. The van der Waals surface area contributed by atoms with Gasteiger partial charge in [-0.05, 0) is 51.2 Å². The molecule has 3 fully saturated rings. The second-order valence-corrected chi connectivity index (χ2v) is 9.59. The normalized spacial score (nSPS) is 35.7. The number of nitrogens with one attached hydrogen (secondary N) is 1. The number of carbonyl (C=O) groups is 2. The molecule has 0 aromatic heterocycles. The SMILES string of the molecule is CC(=O)OC(C)/C=C\C(=O)NC1CC(C)C(C/C=C(\C)C=NC2CC3(CCO2)CO3)OC1C. The first-order chi connectivity index (χ1) is 15.7. The van der Waals surface area contributed by atoms with E-state index < -0.39 is 6.10 Å². The molecule has 0 aliphatic carbocycles. The Balaban J connectivity index is 1.43. The Hall–Kier alpha value is -2.03. The first kappa shape index (κ1) is 25.6. The predicted molar refractivity (Wildman–Crippen MR) is 125 cm³/mol. The van der Waals surface area contributed by atoms with Crippen LogP contribution in [-0.2, 0) is 28.5 Å². The fourth-order valence-corrected chi connectivity index (χ4v) is 4.34. The van der Waals surface area contributed by atoms with E-state index in [0.717, 1.165) is 37.9 Å². The Labute approximate surface area is 196 Å². The summed E-state index contributed by atoms with van der Waals surface area (Å²) in [7, 11) is 0. The van der Waals surface area contributed by atoms with E-state index >= 15 is 0 Å². The van der Waals surface area contributed by atoms with Gasteiger partial charge in [-0.25, -0.2) is 0 Å². The zero-order valence-corrected chi connectivity index (χ0v) is 20.4. The quantitative estimate of drug-likeness (QED) is 0.258. The maximum atomic E-state index is 12.3. The van der Waals surface area contributed by atoms with Crippen molar-refractivity contribution in [3.8, 4) is 0 Å². The molecule has 3 heterocycles. The molecule has 3 rings (SSSR count). The lowest BCUT2D eigenvalue weighted by molar-refractivity contribution is -0.143. The maximum absolute atomic E-state index is 12.3. The van der Waals surface area contributed by atoms with Crippen molar-refractivity contribution < 1.29 is 28.5 Å². The van der Waals surface area contributed by atoms with Crippen molar-refractivity contribution in [2.75, 3.05) is 13.2 Å². The van der Waals surface area contributed by atoms with Crippen LogP contribution in [0.3, 0.4) is 0 Å². The van der Waals surface area contributed by atoms with Crippen molar-refractivity contribution in [3.63, 3.8) is 0 Å². The highest BCUT2D eigenvalue weighted by Gasteiger charge is 2.48. The number of amides is 1.